The number of aliphatic hydroxyl groups is 1. The predicted molar refractivity (Wildman–Crippen MR) is 193 cm³/mol. The molecule has 2 heteroatoms. The van der Waals surface area contributed by atoms with Gasteiger partial charge in [-0.3, -0.25) is 0 Å². The summed E-state index contributed by atoms with van der Waals surface area (Å²) in [6.45, 7) is 30.6. The van der Waals surface area contributed by atoms with Crippen LogP contribution in [-0.2, 0) is 4.74 Å². The van der Waals surface area contributed by atoms with Gasteiger partial charge in [-0.15, -0.1) is 0 Å². The van der Waals surface area contributed by atoms with E-state index in [0.717, 1.165) is 37.7 Å². The molecule has 1 aliphatic carbocycles. The summed E-state index contributed by atoms with van der Waals surface area (Å²) in [6, 6.07) is 11.0. The van der Waals surface area contributed by atoms with Crippen molar-refractivity contribution in [1.82, 2.24) is 0 Å². The van der Waals surface area contributed by atoms with Crippen molar-refractivity contribution >= 4 is 0 Å². The van der Waals surface area contributed by atoms with Gasteiger partial charge >= 0.3 is 0 Å². The van der Waals surface area contributed by atoms with Gasteiger partial charge < -0.3 is 9.84 Å². The Morgan fingerprint density at radius 3 is 2.14 bits per heavy atom. The topological polar surface area (TPSA) is 29.5 Å². The second-order valence-corrected chi connectivity index (χ2v) is 14.5. The molecule has 0 aromatic heterocycles. The van der Waals surface area contributed by atoms with Gasteiger partial charge in [0.05, 0.1) is 6.61 Å². The van der Waals surface area contributed by atoms with E-state index in [1.165, 1.54) is 30.4 Å². The van der Waals surface area contributed by atoms with E-state index in [9.17, 15) is 5.11 Å². The lowest BCUT2D eigenvalue weighted by atomic mass is 9.58. The summed E-state index contributed by atoms with van der Waals surface area (Å²) in [5.74, 6) is 2.29. The van der Waals surface area contributed by atoms with Crippen molar-refractivity contribution in [3.63, 3.8) is 0 Å². The molecule has 0 aliphatic heterocycles. The molecule has 0 bridgehead atoms. The van der Waals surface area contributed by atoms with Crippen molar-refractivity contribution in [2.45, 2.75) is 126 Å². The largest absolute Gasteiger partial charge is 0.368 e. The second kappa shape index (κ2) is 19.6. The summed E-state index contributed by atoms with van der Waals surface area (Å²) in [5.41, 5.74) is 5.34. The van der Waals surface area contributed by atoms with Crippen LogP contribution in [0.4, 0.5) is 0 Å². The molecule has 1 aromatic carbocycles. The molecule has 9 atom stereocenters. The minimum Gasteiger partial charge on any atom is -0.368 e. The maximum Gasteiger partial charge on any atom is 0.158 e. The highest BCUT2D eigenvalue weighted by molar-refractivity contribution is 5.30. The predicted octanol–water partition coefficient (Wildman–Crippen LogP) is 11.9. The number of benzene rings is 1. The standard InChI is InChI=1S/C42H68O2/c1-12-15-23-35(22-13-2)33(10)39(34(11)38(31(8)14-3)36-24-18-16-19-25-36)41(37-26-20-17-21-27-37)40(32(9)30(6)7)42(43)44-28-29(4)5/h16-18,20-21,24,26-27,29,31-32,34-35,38-43H,6,10,12-15,19,22-23,25,28H2,1-5,7-9,11H3. The van der Waals surface area contributed by atoms with Gasteiger partial charge in [-0.25, -0.2) is 0 Å². The monoisotopic (exact) mass is 605 g/mol. The molecule has 0 radical (unpaired) electrons. The Hall–Kier alpha value is -1.90. The van der Waals surface area contributed by atoms with E-state index < -0.39 is 6.29 Å². The molecule has 44 heavy (non-hydrogen) atoms. The normalized spacial score (nSPS) is 19.8. The number of aliphatic hydroxyl groups excluding tert-OH is 1. The van der Waals surface area contributed by atoms with Gasteiger partial charge in [0.2, 0.25) is 0 Å². The summed E-state index contributed by atoms with van der Waals surface area (Å²) in [7, 11) is 0. The summed E-state index contributed by atoms with van der Waals surface area (Å²) in [4.78, 5) is 0. The van der Waals surface area contributed by atoms with Gasteiger partial charge in [-0.05, 0) is 85.5 Å². The van der Waals surface area contributed by atoms with E-state index in [4.69, 9.17) is 11.3 Å². The van der Waals surface area contributed by atoms with E-state index in [0.29, 0.717) is 36.2 Å². The van der Waals surface area contributed by atoms with Crippen LogP contribution in [0.15, 0.2) is 78.4 Å². The average Bonchev–Trinajstić information content (AvgIpc) is 3.02. The van der Waals surface area contributed by atoms with Gasteiger partial charge in [-0.1, -0.05) is 160 Å². The first-order valence-electron chi connectivity index (χ1n) is 18.0. The zero-order valence-corrected chi connectivity index (χ0v) is 30.0. The number of hydrogen-bond acceptors (Lipinski definition) is 2. The Balaban J connectivity index is 2.90. The van der Waals surface area contributed by atoms with Gasteiger partial charge in [0.15, 0.2) is 6.29 Å². The van der Waals surface area contributed by atoms with Crippen molar-refractivity contribution in [1.29, 1.82) is 0 Å². The molecule has 0 heterocycles. The Morgan fingerprint density at radius 1 is 0.932 bits per heavy atom. The Kier molecular flexibility index (Phi) is 17.0. The molecular weight excluding hydrogens is 536 g/mol. The molecule has 248 valence electrons. The highest BCUT2D eigenvalue weighted by Crippen LogP contribution is 2.52. The zero-order chi connectivity index (χ0) is 32.8. The van der Waals surface area contributed by atoms with Crippen LogP contribution in [0.2, 0.25) is 0 Å². The first kappa shape index (κ1) is 38.3. The maximum atomic E-state index is 12.0. The number of rotatable bonds is 21. The first-order valence-corrected chi connectivity index (χ1v) is 18.0. The van der Waals surface area contributed by atoms with Crippen LogP contribution in [0.25, 0.3) is 0 Å². The molecule has 0 spiro atoms. The first-order chi connectivity index (χ1) is 21.0. The van der Waals surface area contributed by atoms with Crippen LogP contribution in [0, 0.1) is 47.3 Å². The lowest BCUT2D eigenvalue weighted by molar-refractivity contribution is -0.159. The average molecular weight is 605 g/mol. The lowest BCUT2D eigenvalue weighted by Gasteiger charge is -2.47. The minimum atomic E-state index is -0.893. The lowest BCUT2D eigenvalue weighted by Crippen LogP contribution is -2.43. The van der Waals surface area contributed by atoms with E-state index in [-0.39, 0.29) is 23.7 Å². The van der Waals surface area contributed by atoms with Crippen molar-refractivity contribution in [3.8, 4) is 0 Å². The van der Waals surface area contributed by atoms with Crippen molar-refractivity contribution in [3.05, 3.63) is 84.0 Å². The molecule has 2 rings (SSSR count). The molecule has 0 saturated heterocycles. The molecule has 1 N–H and O–H groups in total. The quantitative estimate of drug-likeness (QED) is 0.112. The van der Waals surface area contributed by atoms with Crippen LogP contribution in [-0.4, -0.2) is 18.0 Å². The third kappa shape index (κ3) is 10.6. The van der Waals surface area contributed by atoms with Crippen LogP contribution in [0.1, 0.15) is 125 Å². The van der Waals surface area contributed by atoms with Crippen LogP contribution < -0.4 is 0 Å². The van der Waals surface area contributed by atoms with E-state index >= 15 is 0 Å². The smallest absolute Gasteiger partial charge is 0.158 e. The minimum absolute atomic E-state index is 0.0415. The SMILES string of the molecule is C=C(C)C(C)C(C(O)OCC(C)C)C(c1ccccc1)C(C(=C)C(CCC)CCCC)C(C)C(C1=CC=CCC1)C(C)CC. The molecule has 1 aromatic rings. The zero-order valence-electron chi connectivity index (χ0n) is 30.0. The molecular formula is C42H68O2. The summed E-state index contributed by atoms with van der Waals surface area (Å²) >= 11 is 0. The van der Waals surface area contributed by atoms with Gasteiger partial charge in [0.1, 0.15) is 0 Å². The molecule has 0 fully saturated rings. The Bertz CT molecular complexity index is 1030. The fraction of sp³-hybridized carbons (Fsp3) is 0.667. The Labute approximate surface area is 273 Å². The number of ether oxygens (including phenoxy) is 1. The summed E-state index contributed by atoms with van der Waals surface area (Å²) in [6.07, 6.45) is 15.4. The molecule has 1 aliphatic rings. The van der Waals surface area contributed by atoms with Crippen molar-refractivity contribution < 1.29 is 9.84 Å². The number of allylic oxidation sites excluding steroid dienone is 6. The van der Waals surface area contributed by atoms with Gasteiger partial charge in [-0.2, -0.15) is 0 Å². The third-order valence-corrected chi connectivity index (χ3v) is 10.6. The van der Waals surface area contributed by atoms with Gasteiger partial charge in [0.25, 0.3) is 0 Å². The highest BCUT2D eigenvalue weighted by atomic mass is 16.6. The summed E-state index contributed by atoms with van der Waals surface area (Å²) < 4.78 is 6.33. The van der Waals surface area contributed by atoms with Crippen molar-refractivity contribution in [2.24, 2.45) is 47.3 Å². The van der Waals surface area contributed by atoms with Crippen LogP contribution in [0.5, 0.6) is 0 Å². The summed E-state index contributed by atoms with van der Waals surface area (Å²) in [5, 5.41) is 12.0. The molecule has 0 saturated carbocycles. The molecule has 0 amide bonds. The second-order valence-electron chi connectivity index (χ2n) is 14.5. The van der Waals surface area contributed by atoms with E-state index in [1.807, 2.05) is 0 Å². The van der Waals surface area contributed by atoms with Crippen molar-refractivity contribution in [2.75, 3.05) is 6.61 Å². The van der Waals surface area contributed by atoms with E-state index in [2.05, 4.69) is 117 Å². The fourth-order valence-corrected chi connectivity index (χ4v) is 7.89. The highest BCUT2D eigenvalue weighted by Gasteiger charge is 2.45. The fourth-order valence-electron chi connectivity index (χ4n) is 7.89. The number of hydrogen-bond donors (Lipinski definition) is 1. The van der Waals surface area contributed by atoms with Gasteiger partial charge in [0, 0.05) is 5.92 Å². The van der Waals surface area contributed by atoms with E-state index in [1.54, 1.807) is 5.57 Å². The third-order valence-electron chi connectivity index (χ3n) is 10.6. The number of unbranched alkanes of at least 4 members (excludes halogenated alkanes) is 1. The van der Waals surface area contributed by atoms with Crippen LogP contribution in [0.3, 0.4) is 0 Å². The molecule has 2 nitrogen and oxygen atoms in total. The Morgan fingerprint density at radius 2 is 1.61 bits per heavy atom. The molecule has 9 unspecified atom stereocenters. The maximum absolute atomic E-state index is 12.0. The van der Waals surface area contributed by atoms with Crippen LogP contribution >= 0.6 is 0 Å².